The molecule has 0 spiro atoms. The van der Waals surface area contributed by atoms with Crippen LogP contribution in [0, 0.1) is 20.8 Å². The number of aryl methyl sites for hydroxylation is 3. The number of hydrogen-bond donors (Lipinski definition) is 1. The summed E-state index contributed by atoms with van der Waals surface area (Å²) in [7, 11) is -3.61. The van der Waals surface area contributed by atoms with Crippen molar-refractivity contribution >= 4 is 37.5 Å². The molecule has 0 saturated heterocycles. The molecule has 0 bridgehead atoms. The second kappa shape index (κ2) is 8.44. The Balaban J connectivity index is 2.22. The van der Waals surface area contributed by atoms with E-state index in [4.69, 9.17) is 0 Å². The van der Waals surface area contributed by atoms with Crippen LogP contribution in [0.4, 0.5) is 5.69 Å². The Morgan fingerprint density at radius 2 is 1.70 bits per heavy atom. The minimum absolute atomic E-state index is 0.225. The van der Waals surface area contributed by atoms with Crippen molar-refractivity contribution < 1.29 is 13.2 Å². The van der Waals surface area contributed by atoms with E-state index in [0.717, 1.165) is 27.3 Å². The van der Waals surface area contributed by atoms with Gasteiger partial charge in [0.2, 0.25) is 15.9 Å². The Bertz CT molecular complexity index is 958. The van der Waals surface area contributed by atoms with E-state index in [1.165, 1.54) is 5.56 Å². The van der Waals surface area contributed by atoms with Crippen LogP contribution in [0.25, 0.3) is 0 Å². The van der Waals surface area contributed by atoms with Crippen LogP contribution in [0.1, 0.15) is 35.2 Å². The van der Waals surface area contributed by atoms with Crippen molar-refractivity contribution in [3.63, 3.8) is 0 Å². The van der Waals surface area contributed by atoms with Gasteiger partial charge in [0.05, 0.1) is 18.0 Å². The van der Waals surface area contributed by atoms with E-state index in [9.17, 15) is 13.2 Å². The number of nitrogens with zero attached hydrogens (tertiary/aromatic N) is 1. The van der Waals surface area contributed by atoms with Gasteiger partial charge in [-0.25, -0.2) is 8.42 Å². The highest BCUT2D eigenvalue weighted by atomic mass is 79.9. The van der Waals surface area contributed by atoms with E-state index in [-0.39, 0.29) is 18.5 Å². The van der Waals surface area contributed by atoms with Crippen molar-refractivity contribution in [2.75, 3.05) is 17.1 Å². The zero-order valence-corrected chi connectivity index (χ0v) is 18.6. The Kier molecular flexibility index (Phi) is 6.70. The fourth-order valence-corrected chi connectivity index (χ4v) is 4.46. The molecule has 5 nitrogen and oxygen atoms in total. The van der Waals surface area contributed by atoms with Gasteiger partial charge in [0.15, 0.2) is 0 Å². The Labute approximate surface area is 170 Å². The van der Waals surface area contributed by atoms with E-state index in [1.54, 1.807) is 24.3 Å². The maximum absolute atomic E-state index is 12.6. The smallest absolute Gasteiger partial charge is 0.241 e. The molecule has 2 aromatic carbocycles. The van der Waals surface area contributed by atoms with Crippen molar-refractivity contribution in [2.45, 2.75) is 33.7 Å². The molecule has 1 atom stereocenters. The quantitative estimate of drug-likeness (QED) is 0.719. The van der Waals surface area contributed by atoms with Crippen LogP contribution < -0.4 is 9.62 Å². The van der Waals surface area contributed by atoms with Gasteiger partial charge in [0.25, 0.3) is 0 Å². The molecule has 146 valence electrons. The molecular weight excluding hydrogens is 428 g/mol. The maximum atomic E-state index is 12.6. The molecule has 27 heavy (non-hydrogen) atoms. The van der Waals surface area contributed by atoms with Crippen molar-refractivity contribution in [1.82, 2.24) is 5.32 Å². The van der Waals surface area contributed by atoms with Crippen molar-refractivity contribution in [1.29, 1.82) is 0 Å². The molecular formula is C20H25BrN2O3S. The fourth-order valence-electron chi connectivity index (χ4n) is 2.98. The summed E-state index contributed by atoms with van der Waals surface area (Å²) in [6.07, 6.45) is 1.09. The number of benzene rings is 2. The van der Waals surface area contributed by atoms with E-state index >= 15 is 0 Å². The number of sulfonamides is 1. The van der Waals surface area contributed by atoms with Crippen LogP contribution in [0.3, 0.4) is 0 Å². The predicted octanol–water partition coefficient (Wildman–Crippen LogP) is 4.02. The summed E-state index contributed by atoms with van der Waals surface area (Å²) in [4.78, 5) is 12.6. The third-order valence-electron chi connectivity index (χ3n) is 4.54. The zero-order valence-electron chi connectivity index (χ0n) is 16.2. The van der Waals surface area contributed by atoms with Crippen LogP contribution in [-0.2, 0) is 14.8 Å². The minimum atomic E-state index is -3.61. The highest BCUT2D eigenvalue weighted by Gasteiger charge is 2.23. The Morgan fingerprint density at radius 3 is 2.30 bits per heavy atom. The van der Waals surface area contributed by atoms with E-state index in [0.29, 0.717) is 10.2 Å². The molecule has 2 rings (SSSR count). The fraction of sp³-hybridized carbons (Fsp3) is 0.350. The Hall–Kier alpha value is -1.86. The summed E-state index contributed by atoms with van der Waals surface area (Å²) in [6, 6.07) is 10.9. The third-order valence-corrected chi connectivity index (χ3v) is 6.33. The van der Waals surface area contributed by atoms with Gasteiger partial charge in [-0.15, -0.1) is 0 Å². The summed E-state index contributed by atoms with van der Waals surface area (Å²) in [6.45, 7) is 7.71. The number of anilines is 1. The van der Waals surface area contributed by atoms with Crippen LogP contribution in [0.15, 0.2) is 40.9 Å². The lowest BCUT2D eigenvalue weighted by Gasteiger charge is -2.24. The topological polar surface area (TPSA) is 66.5 Å². The highest BCUT2D eigenvalue weighted by molar-refractivity contribution is 9.10. The van der Waals surface area contributed by atoms with Gasteiger partial charge in [-0.2, -0.15) is 0 Å². The van der Waals surface area contributed by atoms with Crippen molar-refractivity contribution in [2.24, 2.45) is 0 Å². The summed E-state index contributed by atoms with van der Waals surface area (Å²) in [5, 5.41) is 2.92. The standard InChI is InChI=1S/C20H25BrN2O3S/c1-13-10-15(3)17(11-14(13)2)16(4)22-20(24)12-23(27(5,25)26)19-9-7-6-8-18(19)21/h6-11,16H,12H2,1-5H3,(H,22,24)/t16-/m0/s1. The van der Waals surface area contributed by atoms with Crippen molar-refractivity contribution in [3.8, 4) is 0 Å². The summed E-state index contributed by atoms with van der Waals surface area (Å²) in [5.74, 6) is -0.360. The SMILES string of the molecule is Cc1cc(C)c([C@H](C)NC(=O)CN(c2ccccc2Br)S(C)(=O)=O)cc1C. The van der Waals surface area contributed by atoms with Gasteiger partial charge in [0, 0.05) is 4.47 Å². The molecule has 0 heterocycles. The molecule has 7 heteroatoms. The number of halogens is 1. The molecule has 0 radical (unpaired) electrons. The summed E-state index contributed by atoms with van der Waals surface area (Å²) in [5.41, 5.74) is 4.91. The van der Waals surface area contributed by atoms with Gasteiger partial charge in [-0.3, -0.25) is 9.10 Å². The average Bonchev–Trinajstić information content (AvgIpc) is 2.55. The van der Waals surface area contributed by atoms with Gasteiger partial charge >= 0.3 is 0 Å². The van der Waals surface area contributed by atoms with Crippen LogP contribution in [-0.4, -0.2) is 27.1 Å². The normalized spacial score (nSPS) is 12.5. The zero-order chi connectivity index (χ0) is 20.4. The van der Waals surface area contributed by atoms with E-state index in [2.05, 4.69) is 40.3 Å². The minimum Gasteiger partial charge on any atom is -0.348 e. The first kappa shape index (κ1) is 21.4. The van der Waals surface area contributed by atoms with Gasteiger partial charge < -0.3 is 5.32 Å². The molecule has 0 aliphatic heterocycles. The Morgan fingerprint density at radius 1 is 1.11 bits per heavy atom. The first-order valence-corrected chi connectivity index (χ1v) is 11.2. The number of hydrogen-bond acceptors (Lipinski definition) is 3. The first-order valence-electron chi connectivity index (χ1n) is 8.60. The summed E-state index contributed by atoms with van der Waals surface area (Å²) >= 11 is 3.35. The lowest BCUT2D eigenvalue weighted by Crippen LogP contribution is -2.41. The number of carbonyl (C=O) groups is 1. The van der Waals surface area contributed by atoms with Crippen LogP contribution >= 0.6 is 15.9 Å². The first-order chi connectivity index (χ1) is 12.5. The number of nitrogens with one attached hydrogen (secondary N) is 1. The molecule has 0 saturated carbocycles. The van der Waals surface area contributed by atoms with Gasteiger partial charge in [0.1, 0.15) is 6.54 Å². The lowest BCUT2D eigenvalue weighted by molar-refractivity contribution is -0.120. The molecule has 0 aliphatic carbocycles. The molecule has 1 N–H and O–H groups in total. The number of para-hydroxylation sites is 1. The van der Waals surface area contributed by atoms with Gasteiger partial charge in [-0.05, 0) is 78.0 Å². The maximum Gasteiger partial charge on any atom is 0.241 e. The third kappa shape index (κ3) is 5.32. The largest absolute Gasteiger partial charge is 0.348 e. The number of amides is 1. The molecule has 0 aromatic heterocycles. The number of carbonyl (C=O) groups excluding carboxylic acids is 1. The number of rotatable bonds is 6. The molecule has 2 aromatic rings. The highest BCUT2D eigenvalue weighted by Crippen LogP contribution is 2.27. The average molecular weight is 453 g/mol. The van der Waals surface area contributed by atoms with Crippen LogP contribution in [0.2, 0.25) is 0 Å². The van der Waals surface area contributed by atoms with E-state index in [1.807, 2.05) is 20.8 Å². The van der Waals surface area contributed by atoms with Crippen LogP contribution in [0.5, 0.6) is 0 Å². The second-order valence-corrected chi connectivity index (χ2v) is 9.56. The lowest BCUT2D eigenvalue weighted by atomic mass is 9.96. The van der Waals surface area contributed by atoms with Crippen molar-refractivity contribution in [3.05, 3.63) is 63.1 Å². The second-order valence-electron chi connectivity index (χ2n) is 6.80. The predicted molar refractivity (Wildman–Crippen MR) is 114 cm³/mol. The summed E-state index contributed by atoms with van der Waals surface area (Å²) < 4.78 is 26.2. The van der Waals surface area contributed by atoms with E-state index < -0.39 is 10.0 Å². The molecule has 0 unspecified atom stereocenters. The molecule has 1 amide bonds. The molecule has 0 fully saturated rings. The van der Waals surface area contributed by atoms with Gasteiger partial charge in [-0.1, -0.05) is 24.3 Å². The monoisotopic (exact) mass is 452 g/mol. The molecule has 0 aliphatic rings.